The molecule has 0 saturated heterocycles. The third kappa shape index (κ3) is 3.57. The molecule has 0 atom stereocenters. The van der Waals surface area contributed by atoms with Crippen molar-refractivity contribution in [3.63, 3.8) is 0 Å². The van der Waals surface area contributed by atoms with Crippen LogP contribution in [-0.2, 0) is 6.42 Å². The first-order valence-electron chi connectivity index (χ1n) is 13.7. The second-order valence-electron chi connectivity index (χ2n) is 10.4. The summed E-state index contributed by atoms with van der Waals surface area (Å²) in [5.74, 6) is 0. The van der Waals surface area contributed by atoms with Gasteiger partial charge in [-0.25, -0.2) is 0 Å². The van der Waals surface area contributed by atoms with Crippen molar-refractivity contribution in [2.24, 2.45) is 0 Å². The van der Waals surface area contributed by atoms with Gasteiger partial charge in [0.1, 0.15) is 11.6 Å². The number of anilines is 3. The third-order valence-corrected chi connectivity index (χ3v) is 8.13. The standard InChI is InChI=1S/C37H24N4/c38-24-31-36(40-32-13-5-1-9-26(32)21-27-10-2-6-14-33(27)40)22-28(25-17-19-39-20-18-25)23-37(31)41-34-15-7-3-11-29(34)30-12-4-8-16-35(30)41/h1-20,22-23H,21H2. The van der Waals surface area contributed by atoms with Crippen molar-refractivity contribution in [3.05, 3.63) is 150 Å². The SMILES string of the molecule is N#Cc1c(N2c3ccccc3Cc3ccccc32)cc(-c2ccncc2)cc1-n1c2ccccc2c2ccccc21. The monoisotopic (exact) mass is 524 g/mol. The van der Waals surface area contributed by atoms with Crippen molar-refractivity contribution in [3.8, 4) is 22.9 Å². The quantitative estimate of drug-likeness (QED) is 0.232. The summed E-state index contributed by atoms with van der Waals surface area (Å²) in [4.78, 5) is 6.54. The Kier molecular flexibility index (Phi) is 5.23. The lowest BCUT2D eigenvalue weighted by Crippen LogP contribution is -2.20. The van der Waals surface area contributed by atoms with E-state index in [-0.39, 0.29) is 0 Å². The largest absolute Gasteiger partial charge is 0.308 e. The van der Waals surface area contributed by atoms with E-state index in [0.717, 1.165) is 62.1 Å². The molecule has 0 spiro atoms. The van der Waals surface area contributed by atoms with Gasteiger partial charge in [0.2, 0.25) is 0 Å². The zero-order valence-electron chi connectivity index (χ0n) is 22.2. The van der Waals surface area contributed by atoms with E-state index in [9.17, 15) is 5.26 Å². The Morgan fingerprint density at radius 3 is 1.71 bits per heavy atom. The second kappa shape index (κ2) is 9.22. The van der Waals surface area contributed by atoms with Crippen LogP contribution < -0.4 is 4.90 Å². The number of nitrogens with zero attached hydrogens (tertiary/aromatic N) is 4. The van der Waals surface area contributed by atoms with E-state index in [1.807, 2.05) is 24.5 Å². The van der Waals surface area contributed by atoms with Gasteiger partial charge in [-0.2, -0.15) is 5.26 Å². The fraction of sp³-hybridized carbons (Fsp3) is 0.0270. The highest BCUT2D eigenvalue weighted by atomic mass is 15.2. The summed E-state index contributed by atoms with van der Waals surface area (Å²) in [6.07, 6.45) is 4.49. The van der Waals surface area contributed by atoms with Crippen LogP contribution in [0.4, 0.5) is 17.1 Å². The van der Waals surface area contributed by atoms with Crippen molar-refractivity contribution < 1.29 is 0 Å². The van der Waals surface area contributed by atoms with Gasteiger partial charge in [0.15, 0.2) is 0 Å². The zero-order chi connectivity index (χ0) is 27.3. The van der Waals surface area contributed by atoms with Crippen molar-refractivity contribution >= 4 is 38.9 Å². The Morgan fingerprint density at radius 2 is 1.10 bits per heavy atom. The molecule has 0 bridgehead atoms. The average Bonchev–Trinajstić information content (AvgIpc) is 3.37. The van der Waals surface area contributed by atoms with E-state index in [0.29, 0.717) is 5.56 Å². The van der Waals surface area contributed by atoms with Crippen molar-refractivity contribution in [1.82, 2.24) is 9.55 Å². The maximum Gasteiger partial charge on any atom is 0.104 e. The zero-order valence-corrected chi connectivity index (χ0v) is 22.2. The highest BCUT2D eigenvalue weighted by molar-refractivity contribution is 6.09. The van der Waals surface area contributed by atoms with E-state index in [1.165, 1.54) is 11.1 Å². The fourth-order valence-electron chi connectivity index (χ4n) is 6.32. The van der Waals surface area contributed by atoms with E-state index in [1.54, 1.807) is 0 Å². The molecule has 8 rings (SSSR count). The van der Waals surface area contributed by atoms with Gasteiger partial charge in [0.25, 0.3) is 0 Å². The fourth-order valence-corrected chi connectivity index (χ4v) is 6.32. The number of nitriles is 1. The highest BCUT2D eigenvalue weighted by Crippen LogP contribution is 2.47. The lowest BCUT2D eigenvalue weighted by atomic mass is 9.93. The molecule has 0 aliphatic carbocycles. The summed E-state index contributed by atoms with van der Waals surface area (Å²) in [6.45, 7) is 0. The molecule has 0 saturated carbocycles. The second-order valence-corrected chi connectivity index (χ2v) is 10.4. The lowest BCUT2D eigenvalue weighted by molar-refractivity contribution is 1.08. The number of hydrogen-bond donors (Lipinski definition) is 0. The van der Waals surface area contributed by atoms with E-state index >= 15 is 0 Å². The molecule has 0 radical (unpaired) electrons. The first-order valence-corrected chi connectivity index (χ1v) is 13.7. The molecule has 0 amide bonds. The van der Waals surface area contributed by atoms with Crippen LogP contribution in [0.2, 0.25) is 0 Å². The van der Waals surface area contributed by atoms with E-state index in [2.05, 4.69) is 130 Å². The summed E-state index contributed by atoms with van der Waals surface area (Å²) in [5.41, 5.74) is 11.2. The minimum Gasteiger partial charge on any atom is -0.308 e. The van der Waals surface area contributed by atoms with Gasteiger partial charge < -0.3 is 9.47 Å². The van der Waals surface area contributed by atoms with Crippen molar-refractivity contribution in [2.45, 2.75) is 6.42 Å². The third-order valence-electron chi connectivity index (χ3n) is 8.13. The van der Waals surface area contributed by atoms with Gasteiger partial charge in [0.05, 0.1) is 22.4 Å². The number of hydrogen-bond acceptors (Lipinski definition) is 3. The summed E-state index contributed by atoms with van der Waals surface area (Å²) in [7, 11) is 0. The number of rotatable bonds is 3. The highest BCUT2D eigenvalue weighted by Gasteiger charge is 2.28. The maximum atomic E-state index is 10.9. The van der Waals surface area contributed by atoms with Gasteiger partial charge in [-0.15, -0.1) is 0 Å². The molecule has 192 valence electrons. The number of pyridine rings is 1. The Balaban J connectivity index is 1.52. The average molecular weight is 525 g/mol. The van der Waals surface area contributed by atoms with Crippen LogP contribution in [0.15, 0.2) is 134 Å². The van der Waals surface area contributed by atoms with E-state index < -0.39 is 0 Å². The molecule has 0 N–H and O–H groups in total. The summed E-state index contributed by atoms with van der Waals surface area (Å²) < 4.78 is 2.25. The van der Waals surface area contributed by atoms with E-state index in [4.69, 9.17) is 0 Å². The van der Waals surface area contributed by atoms with Crippen molar-refractivity contribution in [2.75, 3.05) is 4.90 Å². The van der Waals surface area contributed by atoms with Crippen LogP contribution in [0.25, 0.3) is 38.6 Å². The summed E-state index contributed by atoms with van der Waals surface area (Å²) >= 11 is 0. The minimum absolute atomic E-state index is 0.626. The van der Waals surface area contributed by atoms with Gasteiger partial charge >= 0.3 is 0 Å². The first kappa shape index (κ1) is 23.2. The number of fused-ring (bicyclic) bond motifs is 5. The molecule has 3 heterocycles. The Bertz CT molecular complexity index is 2050. The smallest absolute Gasteiger partial charge is 0.104 e. The molecule has 0 unspecified atom stereocenters. The first-order chi connectivity index (χ1) is 20.3. The molecule has 4 nitrogen and oxygen atoms in total. The normalized spacial score (nSPS) is 12.2. The van der Waals surface area contributed by atoms with Crippen LogP contribution in [0.1, 0.15) is 16.7 Å². The molecule has 0 fully saturated rings. The van der Waals surface area contributed by atoms with Crippen molar-refractivity contribution in [1.29, 1.82) is 5.26 Å². The number of para-hydroxylation sites is 4. The molecule has 1 aliphatic rings. The predicted molar refractivity (Wildman–Crippen MR) is 166 cm³/mol. The van der Waals surface area contributed by atoms with Gasteiger partial charge in [0, 0.05) is 41.0 Å². The topological polar surface area (TPSA) is 44.9 Å². The molecule has 5 aromatic carbocycles. The van der Waals surface area contributed by atoms with Gasteiger partial charge in [-0.1, -0.05) is 72.8 Å². The molecule has 41 heavy (non-hydrogen) atoms. The maximum absolute atomic E-state index is 10.9. The van der Waals surface area contributed by atoms with Gasteiger partial charge in [-0.3, -0.25) is 4.98 Å². The Labute approximate surface area is 238 Å². The molecular formula is C37H24N4. The van der Waals surface area contributed by atoms with Crippen LogP contribution in [0, 0.1) is 11.3 Å². The molecule has 4 heteroatoms. The molecule has 7 aromatic rings. The molecule has 1 aliphatic heterocycles. The molecule has 2 aromatic heterocycles. The van der Waals surface area contributed by atoms with Crippen LogP contribution in [0.5, 0.6) is 0 Å². The Hall–Kier alpha value is -5.66. The van der Waals surface area contributed by atoms with Crippen LogP contribution in [0.3, 0.4) is 0 Å². The van der Waals surface area contributed by atoms with Crippen LogP contribution >= 0.6 is 0 Å². The van der Waals surface area contributed by atoms with Crippen LogP contribution in [-0.4, -0.2) is 9.55 Å². The predicted octanol–water partition coefficient (Wildman–Crippen LogP) is 9.09. The summed E-state index contributed by atoms with van der Waals surface area (Å²) in [6, 6.07) is 44.9. The summed E-state index contributed by atoms with van der Waals surface area (Å²) in [5, 5.41) is 13.3. The minimum atomic E-state index is 0.626. The Morgan fingerprint density at radius 1 is 0.561 bits per heavy atom. The number of benzene rings is 5. The molecular weight excluding hydrogens is 500 g/mol. The van der Waals surface area contributed by atoms with Gasteiger partial charge in [-0.05, 0) is 70.8 Å². The lowest BCUT2D eigenvalue weighted by Gasteiger charge is -2.34. The number of aromatic nitrogens is 2.